The van der Waals surface area contributed by atoms with Crippen molar-refractivity contribution in [2.24, 2.45) is 5.92 Å². The molecule has 0 saturated carbocycles. The van der Waals surface area contributed by atoms with Crippen molar-refractivity contribution < 1.29 is 18.3 Å². The van der Waals surface area contributed by atoms with E-state index in [1.807, 2.05) is 36.1 Å². The fourth-order valence-corrected chi connectivity index (χ4v) is 2.72. The maximum atomic E-state index is 12.7. The Morgan fingerprint density at radius 1 is 1.25 bits per heavy atom. The lowest BCUT2D eigenvalue weighted by atomic mass is 9.94. The predicted octanol–water partition coefficient (Wildman–Crippen LogP) is 3.91. The number of halogens is 3. The second-order valence-electron chi connectivity index (χ2n) is 5.29. The molecule has 20 heavy (non-hydrogen) atoms. The Kier molecular flexibility index (Phi) is 4.58. The molecule has 2 rings (SSSR count). The Bertz CT molecular complexity index is 439. The zero-order valence-electron chi connectivity index (χ0n) is 11.5. The third-order valence-electron chi connectivity index (χ3n) is 3.98. The molecular formula is C15H20F3NO. The number of hydrogen-bond acceptors (Lipinski definition) is 2. The van der Waals surface area contributed by atoms with Crippen LogP contribution in [0.25, 0.3) is 0 Å². The zero-order valence-corrected chi connectivity index (χ0v) is 11.5. The van der Waals surface area contributed by atoms with Crippen molar-refractivity contribution in [3.63, 3.8) is 0 Å². The van der Waals surface area contributed by atoms with Gasteiger partial charge in [0, 0.05) is 24.3 Å². The van der Waals surface area contributed by atoms with Gasteiger partial charge in [-0.15, -0.1) is 0 Å². The minimum Gasteiger partial charge on any atom is -0.388 e. The summed E-state index contributed by atoms with van der Waals surface area (Å²) in [6.45, 7) is 2.66. The summed E-state index contributed by atoms with van der Waals surface area (Å²) in [4.78, 5) is 1.95. The molecule has 0 aliphatic carbocycles. The first-order valence-corrected chi connectivity index (χ1v) is 7.02. The van der Waals surface area contributed by atoms with Gasteiger partial charge in [-0.3, -0.25) is 0 Å². The van der Waals surface area contributed by atoms with Gasteiger partial charge in [-0.25, -0.2) is 0 Å². The minimum atomic E-state index is -4.09. The van der Waals surface area contributed by atoms with E-state index in [9.17, 15) is 18.3 Å². The van der Waals surface area contributed by atoms with Gasteiger partial charge >= 0.3 is 6.18 Å². The Balaban J connectivity index is 2.11. The van der Waals surface area contributed by atoms with Crippen LogP contribution in [-0.4, -0.2) is 24.4 Å². The molecule has 0 bridgehead atoms. The van der Waals surface area contributed by atoms with Gasteiger partial charge < -0.3 is 10.0 Å². The molecule has 1 atom stereocenters. The van der Waals surface area contributed by atoms with Gasteiger partial charge in [0.25, 0.3) is 0 Å². The van der Waals surface area contributed by atoms with Gasteiger partial charge in [-0.1, -0.05) is 25.1 Å². The van der Waals surface area contributed by atoms with Crippen LogP contribution in [0, 0.1) is 5.92 Å². The second kappa shape index (κ2) is 6.04. The summed E-state index contributed by atoms with van der Waals surface area (Å²) in [6, 6.07) is 7.43. The van der Waals surface area contributed by atoms with E-state index < -0.39 is 18.2 Å². The summed E-state index contributed by atoms with van der Waals surface area (Å²) >= 11 is 0. The van der Waals surface area contributed by atoms with E-state index in [0.29, 0.717) is 19.5 Å². The fraction of sp³-hybridized carbons (Fsp3) is 0.600. The SMILES string of the molecule is CC[C@@H](O)c1ccccc1N1CCC(C(F)(F)F)CC1. The quantitative estimate of drug-likeness (QED) is 0.911. The molecule has 1 saturated heterocycles. The highest BCUT2D eigenvalue weighted by molar-refractivity contribution is 5.55. The van der Waals surface area contributed by atoms with Crippen LogP contribution >= 0.6 is 0 Å². The highest BCUT2D eigenvalue weighted by atomic mass is 19.4. The maximum Gasteiger partial charge on any atom is 0.391 e. The fourth-order valence-electron chi connectivity index (χ4n) is 2.72. The van der Waals surface area contributed by atoms with Crippen LogP contribution in [0.3, 0.4) is 0 Å². The van der Waals surface area contributed by atoms with Crippen LogP contribution < -0.4 is 4.90 Å². The van der Waals surface area contributed by atoms with Gasteiger partial charge in [-0.2, -0.15) is 13.2 Å². The number of para-hydroxylation sites is 1. The molecule has 1 heterocycles. The van der Waals surface area contributed by atoms with E-state index in [2.05, 4.69) is 0 Å². The van der Waals surface area contributed by atoms with Crippen LogP contribution in [0.4, 0.5) is 18.9 Å². The molecule has 1 aliphatic rings. The van der Waals surface area contributed by atoms with Gasteiger partial charge in [-0.05, 0) is 25.3 Å². The van der Waals surface area contributed by atoms with Crippen LogP contribution in [0.1, 0.15) is 37.9 Å². The number of aliphatic hydroxyl groups excluding tert-OH is 1. The van der Waals surface area contributed by atoms with E-state index in [4.69, 9.17) is 0 Å². The molecule has 0 unspecified atom stereocenters. The summed E-state index contributed by atoms with van der Waals surface area (Å²) < 4.78 is 38.0. The third kappa shape index (κ3) is 3.26. The van der Waals surface area contributed by atoms with E-state index in [-0.39, 0.29) is 12.8 Å². The Morgan fingerprint density at radius 2 is 1.85 bits per heavy atom. The highest BCUT2D eigenvalue weighted by Gasteiger charge is 2.41. The summed E-state index contributed by atoms with van der Waals surface area (Å²) in [6.07, 6.45) is -3.81. The Labute approximate surface area is 117 Å². The van der Waals surface area contributed by atoms with E-state index in [0.717, 1.165) is 11.3 Å². The summed E-state index contributed by atoms with van der Waals surface area (Å²) in [7, 11) is 0. The molecular weight excluding hydrogens is 267 g/mol. The number of rotatable bonds is 3. The normalized spacial score (nSPS) is 19.1. The number of hydrogen-bond donors (Lipinski definition) is 1. The molecule has 5 heteroatoms. The zero-order chi connectivity index (χ0) is 14.8. The van der Waals surface area contributed by atoms with Crippen molar-refractivity contribution in [1.29, 1.82) is 0 Å². The van der Waals surface area contributed by atoms with Crippen molar-refractivity contribution in [2.45, 2.75) is 38.5 Å². The molecule has 1 aromatic carbocycles. The number of aliphatic hydroxyl groups is 1. The van der Waals surface area contributed by atoms with Crippen molar-refractivity contribution in [1.82, 2.24) is 0 Å². The number of benzene rings is 1. The van der Waals surface area contributed by atoms with Crippen molar-refractivity contribution >= 4 is 5.69 Å². The molecule has 1 aromatic rings. The molecule has 112 valence electrons. The van der Waals surface area contributed by atoms with Crippen LogP contribution in [0.2, 0.25) is 0 Å². The minimum absolute atomic E-state index is 0.125. The van der Waals surface area contributed by atoms with Crippen LogP contribution in [0.15, 0.2) is 24.3 Å². The lowest BCUT2D eigenvalue weighted by Gasteiger charge is -2.36. The standard InChI is InChI=1S/C15H20F3NO/c1-2-14(20)12-5-3-4-6-13(12)19-9-7-11(8-10-19)15(16,17)18/h3-6,11,14,20H,2,7-10H2,1H3/t14-/m1/s1. The molecule has 1 aliphatic heterocycles. The molecule has 1 N–H and O–H groups in total. The lowest BCUT2D eigenvalue weighted by Crippen LogP contribution is -2.39. The number of alkyl halides is 3. The van der Waals surface area contributed by atoms with E-state index in [1.165, 1.54) is 0 Å². The van der Waals surface area contributed by atoms with Gasteiger partial charge in [0.2, 0.25) is 0 Å². The molecule has 1 fully saturated rings. The molecule has 0 amide bonds. The highest BCUT2D eigenvalue weighted by Crippen LogP contribution is 2.37. The lowest BCUT2D eigenvalue weighted by molar-refractivity contribution is -0.179. The van der Waals surface area contributed by atoms with Crippen LogP contribution in [-0.2, 0) is 0 Å². The third-order valence-corrected chi connectivity index (χ3v) is 3.98. The largest absolute Gasteiger partial charge is 0.391 e. The summed E-state index contributed by atoms with van der Waals surface area (Å²) in [5, 5.41) is 10.0. The first-order valence-electron chi connectivity index (χ1n) is 7.02. The van der Waals surface area contributed by atoms with Crippen LogP contribution in [0.5, 0.6) is 0 Å². The average molecular weight is 287 g/mol. The monoisotopic (exact) mass is 287 g/mol. The second-order valence-corrected chi connectivity index (χ2v) is 5.29. The summed E-state index contributed by atoms with van der Waals surface area (Å²) in [5.74, 6) is -1.19. The smallest absolute Gasteiger partial charge is 0.388 e. The van der Waals surface area contributed by atoms with E-state index >= 15 is 0 Å². The van der Waals surface area contributed by atoms with Gasteiger partial charge in [0.05, 0.1) is 12.0 Å². The number of anilines is 1. The predicted molar refractivity (Wildman–Crippen MR) is 72.7 cm³/mol. The number of nitrogens with zero attached hydrogens (tertiary/aromatic N) is 1. The molecule has 0 radical (unpaired) electrons. The first kappa shape index (κ1) is 15.2. The van der Waals surface area contributed by atoms with Gasteiger partial charge in [0.15, 0.2) is 0 Å². The average Bonchev–Trinajstić information content (AvgIpc) is 2.45. The summed E-state index contributed by atoms with van der Waals surface area (Å²) in [5.41, 5.74) is 1.67. The topological polar surface area (TPSA) is 23.5 Å². The Hall–Kier alpha value is -1.23. The molecule has 2 nitrogen and oxygen atoms in total. The van der Waals surface area contributed by atoms with E-state index in [1.54, 1.807) is 0 Å². The molecule has 0 spiro atoms. The van der Waals surface area contributed by atoms with Crippen molar-refractivity contribution in [2.75, 3.05) is 18.0 Å². The number of piperidine rings is 1. The first-order chi connectivity index (χ1) is 9.43. The van der Waals surface area contributed by atoms with Crippen molar-refractivity contribution in [3.05, 3.63) is 29.8 Å². The Morgan fingerprint density at radius 3 is 2.40 bits per heavy atom. The van der Waals surface area contributed by atoms with Gasteiger partial charge in [0.1, 0.15) is 0 Å². The molecule has 0 aromatic heterocycles. The van der Waals surface area contributed by atoms with Crippen molar-refractivity contribution in [3.8, 4) is 0 Å². The maximum absolute atomic E-state index is 12.7.